The summed E-state index contributed by atoms with van der Waals surface area (Å²) in [5.41, 5.74) is 0. The molecule has 0 unspecified atom stereocenters. The second-order valence-electron chi connectivity index (χ2n) is 10.7. The minimum absolute atomic E-state index is 0.833. The maximum atomic E-state index is 9.00. The summed E-state index contributed by atoms with van der Waals surface area (Å²) in [7, 11) is -1.04. The van der Waals surface area contributed by atoms with Gasteiger partial charge in [-0.05, 0) is 0 Å². The minimum atomic E-state index is -1.04. The van der Waals surface area contributed by atoms with Crippen LogP contribution in [0.5, 0.6) is 0 Å². The molecule has 0 aliphatic rings. The molecule has 2 nitrogen and oxygen atoms in total. The van der Waals surface area contributed by atoms with E-state index in [4.69, 9.17) is 9.90 Å². The molecule has 0 amide bonds. The van der Waals surface area contributed by atoms with Gasteiger partial charge in [0.25, 0.3) is 5.97 Å². The quantitative estimate of drug-likeness (QED) is 0.108. The number of carbonyl (C=O) groups is 1. The van der Waals surface area contributed by atoms with Crippen LogP contribution in [-0.2, 0) is 4.79 Å². The van der Waals surface area contributed by atoms with E-state index >= 15 is 0 Å². The van der Waals surface area contributed by atoms with Crippen LogP contribution in [0.1, 0.15) is 163 Å². The van der Waals surface area contributed by atoms with Crippen molar-refractivity contribution in [3.05, 3.63) is 0 Å². The first kappa shape index (κ1) is 35.1. The third-order valence-electron chi connectivity index (χ3n) is 7.24. The van der Waals surface area contributed by atoms with Crippen molar-refractivity contribution in [2.24, 2.45) is 0 Å². The van der Waals surface area contributed by atoms with Gasteiger partial charge in [0.15, 0.2) is 0 Å². The number of unbranched alkanes of at least 4 members (excludes halogenated alkanes) is 16. The van der Waals surface area contributed by atoms with E-state index in [0.29, 0.717) is 0 Å². The van der Waals surface area contributed by atoms with Gasteiger partial charge in [-0.25, -0.2) is 0 Å². The van der Waals surface area contributed by atoms with Crippen molar-refractivity contribution in [3.8, 4) is 0 Å². The van der Waals surface area contributed by atoms with Gasteiger partial charge in [0, 0.05) is 6.92 Å². The van der Waals surface area contributed by atoms with Crippen molar-refractivity contribution >= 4 is 13.2 Å². The Bertz CT molecular complexity index is 318. The van der Waals surface area contributed by atoms with E-state index in [1.54, 1.807) is 50.3 Å². The standard InChI is InChI=1S/C28H61P.C2H4O2/c1-5-9-13-17-21-25-29(26-22-18-14-10-6-2,27-23-19-15-11-7-3)28-24-20-16-12-8-4;1-2(3)4/h29H,5-28H2,1-4H3;1H3,(H,3,4). The van der Waals surface area contributed by atoms with Crippen LogP contribution < -0.4 is 0 Å². The molecule has 3 heteroatoms. The Hall–Kier alpha value is -0.100. The van der Waals surface area contributed by atoms with Gasteiger partial charge in [0.05, 0.1) is 0 Å². The summed E-state index contributed by atoms with van der Waals surface area (Å²) in [5.74, 6) is -0.833. The van der Waals surface area contributed by atoms with Gasteiger partial charge >= 0.3 is 188 Å². The van der Waals surface area contributed by atoms with Crippen molar-refractivity contribution in [2.45, 2.75) is 163 Å². The van der Waals surface area contributed by atoms with Crippen LogP contribution in [0.15, 0.2) is 0 Å². The Balaban J connectivity index is 0. The third-order valence-corrected chi connectivity index (χ3v) is 12.9. The van der Waals surface area contributed by atoms with Gasteiger partial charge in [-0.3, -0.25) is 4.79 Å². The van der Waals surface area contributed by atoms with Gasteiger partial charge < -0.3 is 5.11 Å². The number of hydrogen-bond donors (Lipinski definition) is 1. The fraction of sp³-hybridized carbons (Fsp3) is 0.967. The summed E-state index contributed by atoms with van der Waals surface area (Å²) < 4.78 is 0. The second kappa shape index (κ2) is 28.1. The number of rotatable bonds is 24. The zero-order valence-electron chi connectivity index (χ0n) is 23.8. The Morgan fingerprint density at radius 1 is 0.455 bits per heavy atom. The van der Waals surface area contributed by atoms with Crippen molar-refractivity contribution in [1.29, 1.82) is 0 Å². The molecular weight excluding hydrogens is 423 g/mol. The second-order valence-corrected chi connectivity index (χ2v) is 15.7. The van der Waals surface area contributed by atoms with Gasteiger partial charge in [-0.2, -0.15) is 0 Å². The summed E-state index contributed by atoms with van der Waals surface area (Å²) in [6.45, 7) is 10.5. The third kappa shape index (κ3) is 28.0. The molecule has 0 aliphatic carbocycles. The van der Waals surface area contributed by atoms with Crippen molar-refractivity contribution < 1.29 is 9.90 Å². The van der Waals surface area contributed by atoms with E-state index < -0.39 is 13.2 Å². The fourth-order valence-electron chi connectivity index (χ4n) is 5.16. The monoisotopic (exact) mass is 488 g/mol. The molecule has 0 saturated heterocycles. The summed E-state index contributed by atoms with van der Waals surface area (Å²) in [5, 5.41) is 7.42. The Kier molecular flexibility index (Phi) is 29.9. The Labute approximate surface area is 210 Å². The Morgan fingerprint density at radius 2 is 0.636 bits per heavy atom. The van der Waals surface area contributed by atoms with Crippen LogP contribution in [0.2, 0.25) is 0 Å². The molecule has 0 saturated carbocycles. The van der Waals surface area contributed by atoms with E-state index in [2.05, 4.69) is 27.7 Å². The van der Waals surface area contributed by atoms with Crippen LogP contribution in [0, 0.1) is 0 Å². The van der Waals surface area contributed by atoms with Crippen LogP contribution in [0.3, 0.4) is 0 Å². The zero-order valence-corrected chi connectivity index (χ0v) is 24.8. The molecule has 0 aromatic rings. The van der Waals surface area contributed by atoms with Gasteiger partial charge in [0.1, 0.15) is 0 Å². The predicted molar refractivity (Wildman–Crippen MR) is 156 cm³/mol. The number of aliphatic carboxylic acids is 1. The molecule has 0 aromatic heterocycles. The number of hydrogen-bond acceptors (Lipinski definition) is 1. The predicted octanol–water partition coefficient (Wildman–Crippen LogP) is 10.7. The first-order valence-corrected chi connectivity index (χ1v) is 18.0. The van der Waals surface area contributed by atoms with E-state index in [-0.39, 0.29) is 0 Å². The van der Waals surface area contributed by atoms with E-state index in [9.17, 15) is 0 Å². The molecule has 0 bridgehead atoms. The zero-order chi connectivity index (χ0) is 25.0. The molecule has 0 spiro atoms. The Morgan fingerprint density at radius 3 is 0.818 bits per heavy atom. The number of carboxylic acid groups (broad SMARTS) is 1. The molecule has 202 valence electrons. The molecule has 0 radical (unpaired) electrons. The number of carboxylic acids is 1. The van der Waals surface area contributed by atoms with Crippen molar-refractivity contribution in [1.82, 2.24) is 0 Å². The van der Waals surface area contributed by atoms with Gasteiger partial charge in [-0.1, -0.05) is 0 Å². The summed E-state index contributed by atoms with van der Waals surface area (Å²) >= 11 is 0. The molecule has 33 heavy (non-hydrogen) atoms. The van der Waals surface area contributed by atoms with Crippen molar-refractivity contribution in [2.75, 3.05) is 24.6 Å². The van der Waals surface area contributed by atoms with E-state index in [1.165, 1.54) is 103 Å². The topological polar surface area (TPSA) is 37.3 Å². The summed E-state index contributed by atoms with van der Waals surface area (Å²) in [4.78, 5) is 9.00. The average Bonchev–Trinajstić information content (AvgIpc) is 2.78. The van der Waals surface area contributed by atoms with Crippen molar-refractivity contribution in [3.63, 3.8) is 0 Å². The average molecular weight is 489 g/mol. The van der Waals surface area contributed by atoms with Crippen LogP contribution >= 0.6 is 7.26 Å². The van der Waals surface area contributed by atoms with Crippen LogP contribution in [-0.4, -0.2) is 35.7 Å². The molecule has 0 aromatic carbocycles. The first-order chi connectivity index (χ1) is 16.0. The summed E-state index contributed by atoms with van der Waals surface area (Å²) in [6, 6.07) is 0. The maximum absolute atomic E-state index is 9.00. The van der Waals surface area contributed by atoms with E-state index in [0.717, 1.165) is 6.92 Å². The summed E-state index contributed by atoms with van der Waals surface area (Å²) in [6.07, 6.45) is 36.3. The molecule has 0 rings (SSSR count). The molecule has 0 heterocycles. The van der Waals surface area contributed by atoms with Crippen LogP contribution in [0.4, 0.5) is 0 Å². The van der Waals surface area contributed by atoms with Crippen LogP contribution in [0.25, 0.3) is 0 Å². The molecular formula is C30H65O2P. The molecule has 0 fully saturated rings. The van der Waals surface area contributed by atoms with Gasteiger partial charge in [0.2, 0.25) is 0 Å². The fourth-order valence-corrected chi connectivity index (χ4v) is 10.7. The normalized spacial score (nSPS) is 11.8. The first-order valence-electron chi connectivity index (χ1n) is 15.2. The van der Waals surface area contributed by atoms with Gasteiger partial charge in [-0.15, -0.1) is 0 Å². The van der Waals surface area contributed by atoms with E-state index in [1.807, 2.05) is 0 Å². The SMILES string of the molecule is CC(=O)O.CCCCCCC[PH](CCCCCCC)(CCCCCCC)CCCCCCC. The molecule has 0 atom stereocenters. The molecule has 0 aliphatic heterocycles. The molecule has 1 N–H and O–H groups in total.